The highest BCUT2D eigenvalue weighted by Crippen LogP contribution is 2.31. The van der Waals surface area contributed by atoms with Gasteiger partial charge in [0.2, 0.25) is 5.77 Å². The molecule has 0 amide bonds. The Morgan fingerprint density at radius 3 is 0.677 bits per heavy atom. The Balaban J connectivity index is 0.000000355. The minimum absolute atomic E-state index is 0.0259. The van der Waals surface area contributed by atoms with Gasteiger partial charge in [-0.1, -0.05) is 35.8 Å². The lowest BCUT2D eigenvalue weighted by atomic mass is 9.12. The molecule has 0 nitrogen and oxygen atoms in total. The molecule has 0 atom stereocenters. The third kappa shape index (κ3) is 7.68. The van der Waals surface area contributed by atoms with Crippen LogP contribution in [0.25, 0.3) is 11.1 Å². The Hall–Kier alpha value is -4.85. The van der Waals surface area contributed by atoms with Crippen LogP contribution in [0, 0.1) is 122 Å². The van der Waals surface area contributed by atoms with E-state index in [-0.39, 0.29) is 21.2 Å². The predicted molar refractivity (Wildman–Crippen MR) is 185 cm³/mol. The van der Waals surface area contributed by atoms with Gasteiger partial charge in [-0.2, -0.15) is 0 Å². The number of thiophene rings is 2. The summed E-state index contributed by atoms with van der Waals surface area (Å²) in [5.41, 5.74) is -12.0. The zero-order chi connectivity index (χ0) is 46.8. The van der Waals surface area contributed by atoms with E-state index in [1.807, 2.05) is 22.7 Å². The Morgan fingerprint density at radius 2 is 0.516 bits per heavy atom. The number of allylic oxidation sites excluding steroid dienone is 2. The standard InChI is InChI=1S/C24BF20.C14H14IS2/c26-5-1(6(27)14(35)21(42)13(5)34)25(2-7(28)15(36)22(43)16(37)8(2)29,3-9(30)17(38)23(44)18(39)10(3)31)4-11(32)19(40)24(45)20(41)12(4)33;1-9(2)11-5-7-13(16-11)15-14-8-6-12(17-14)10(3)4/h;5-8H,1,3H2,2,4H3/q-1;+1. The summed E-state index contributed by atoms with van der Waals surface area (Å²) in [6.07, 6.45) is -7.22. The first kappa shape index (κ1) is 48.2. The summed E-state index contributed by atoms with van der Waals surface area (Å²) in [5, 5.41) is 0. The summed E-state index contributed by atoms with van der Waals surface area (Å²) in [4.78, 5) is 2.63. The highest BCUT2D eigenvalue weighted by molar-refractivity contribution is 7.20. The quantitative estimate of drug-likeness (QED) is 0.0480. The van der Waals surface area contributed by atoms with Crippen LogP contribution in [-0.4, -0.2) is 6.15 Å². The average molecular weight is 1050 g/mol. The van der Waals surface area contributed by atoms with Crippen molar-refractivity contribution < 1.29 is 109 Å². The number of halogens is 21. The van der Waals surface area contributed by atoms with Gasteiger partial charge in [-0.05, 0) is 37.1 Å². The minimum Gasteiger partial charge on any atom is -0.207 e. The summed E-state index contributed by atoms with van der Waals surface area (Å²) in [7, 11) is 0. The molecule has 0 saturated carbocycles. The van der Waals surface area contributed by atoms with E-state index in [1.54, 1.807) is 0 Å². The van der Waals surface area contributed by atoms with Crippen LogP contribution in [0.2, 0.25) is 0 Å². The zero-order valence-electron chi connectivity index (χ0n) is 30.1. The molecule has 0 aliphatic heterocycles. The Labute approximate surface area is 352 Å². The fourth-order valence-corrected chi connectivity index (χ4v) is 12.3. The molecule has 0 radical (unpaired) electrons. The van der Waals surface area contributed by atoms with Crippen LogP contribution in [0.3, 0.4) is 0 Å². The van der Waals surface area contributed by atoms with Crippen molar-refractivity contribution in [3.8, 4) is 0 Å². The topological polar surface area (TPSA) is 0 Å². The summed E-state index contributed by atoms with van der Waals surface area (Å²) in [6, 6.07) is 8.88. The van der Waals surface area contributed by atoms with Crippen LogP contribution in [-0.2, 0) is 0 Å². The van der Waals surface area contributed by atoms with Crippen LogP contribution in [0.4, 0.5) is 87.8 Å². The average Bonchev–Trinajstić information content (AvgIpc) is 3.91. The molecule has 6 rings (SSSR count). The molecule has 4 aromatic carbocycles. The normalized spacial score (nSPS) is 11.6. The van der Waals surface area contributed by atoms with Gasteiger partial charge in [0.25, 0.3) is 0 Å². The second-order valence-corrected chi connectivity index (χ2v) is 19.2. The second kappa shape index (κ2) is 17.7. The highest BCUT2D eigenvalue weighted by atomic mass is 127. The first-order valence-corrected chi connectivity index (χ1v) is 19.9. The largest absolute Gasteiger partial charge is 0.381 e. The van der Waals surface area contributed by atoms with Gasteiger partial charge in [-0.15, -0.1) is 21.9 Å². The number of benzene rings is 4. The van der Waals surface area contributed by atoms with Gasteiger partial charge >= 0.3 is 21.2 Å². The summed E-state index contributed by atoms with van der Waals surface area (Å²) >= 11 is 3.75. The van der Waals surface area contributed by atoms with E-state index in [1.165, 1.54) is 26.7 Å². The summed E-state index contributed by atoms with van der Waals surface area (Å²) in [6.45, 7) is 12.1. The molecule has 2 heterocycles. The van der Waals surface area contributed by atoms with Gasteiger partial charge in [0.05, 0.1) is 0 Å². The van der Waals surface area contributed by atoms with Crippen molar-refractivity contribution in [2.45, 2.75) is 13.8 Å². The van der Waals surface area contributed by atoms with Crippen LogP contribution in [0.5, 0.6) is 0 Å². The monoisotopic (exact) mass is 1050 g/mol. The summed E-state index contributed by atoms with van der Waals surface area (Å²) in [5.74, 6) is -71.4. The van der Waals surface area contributed by atoms with E-state index in [0.29, 0.717) is 0 Å². The lowest BCUT2D eigenvalue weighted by Gasteiger charge is -2.44. The van der Waals surface area contributed by atoms with Gasteiger partial charge in [0.15, 0.2) is 69.8 Å². The van der Waals surface area contributed by atoms with E-state index < -0.39 is 144 Å². The first-order valence-electron chi connectivity index (χ1n) is 16.2. The molecule has 0 unspecified atom stereocenters. The van der Waals surface area contributed by atoms with Crippen LogP contribution < -0.4 is 43.1 Å². The Bertz CT molecular complexity index is 2420. The lowest BCUT2D eigenvalue weighted by molar-refractivity contribution is -0.585. The Morgan fingerprint density at radius 1 is 0.339 bits per heavy atom. The SMILES string of the molecule is C=C(C)c1ccc([I+]c2ccc(C(=C)C)s2)s1.Fc1c(F)c(F)c([B-](c2c(F)c(F)c(F)c(F)c2F)(c2c(F)c(F)c(F)c(F)c2F)c2c(F)c(F)c(F)c(F)c2F)c(F)c1F. The maximum absolute atomic E-state index is 15.4. The van der Waals surface area contributed by atoms with Crippen molar-refractivity contribution in [2.24, 2.45) is 0 Å². The van der Waals surface area contributed by atoms with Crippen molar-refractivity contribution in [1.82, 2.24) is 0 Å². The molecule has 24 heteroatoms. The molecule has 62 heavy (non-hydrogen) atoms. The van der Waals surface area contributed by atoms with Gasteiger partial charge in [-0.25, -0.2) is 87.8 Å². The zero-order valence-corrected chi connectivity index (χ0v) is 33.8. The molecule has 0 spiro atoms. The molecular formula is C38H14BF20IS2. The van der Waals surface area contributed by atoms with Crippen LogP contribution >= 0.6 is 22.7 Å². The van der Waals surface area contributed by atoms with Crippen LogP contribution in [0.1, 0.15) is 23.6 Å². The lowest BCUT2D eigenvalue weighted by Crippen LogP contribution is -3.61. The van der Waals surface area contributed by atoms with Gasteiger partial charge < -0.3 is 0 Å². The van der Waals surface area contributed by atoms with Crippen molar-refractivity contribution in [2.75, 3.05) is 0 Å². The third-order valence-corrected chi connectivity index (χ3v) is 15.1. The number of hydrogen-bond donors (Lipinski definition) is 0. The predicted octanol–water partition coefficient (Wildman–Crippen LogP) is 7.85. The summed E-state index contributed by atoms with van der Waals surface area (Å²) < 4.78 is 297. The van der Waals surface area contributed by atoms with Crippen molar-refractivity contribution in [3.63, 3.8) is 0 Å². The molecule has 0 fully saturated rings. The molecule has 0 saturated heterocycles. The van der Waals surface area contributed by atoms with Gasteiger partial charge in [0.1, 0.15) is 52.7 Å². The number of rotatable bonds is 8. The van der Waals surface area contributed by atoms with E-state index in [2.05, 4.69) is 51.3 Å². The van der Waals surface area contributed by atoms with Crippen molar-refractivity contribution >= 4 is 61.8 Å². The minimum atomic E-state index is -7.22. The Kier molecular flexibility index (Phi) is 13.8. The van der Waals surface area contributed by atoms with Crippen LogP contribution in [0.15, 0.2) is 37.4 Å². The fraction of sp³-hybridized carbons (Fsp3) is 0.0526. The second-order valence-electron chi connectivity index (χ2n) is 12.7. The van der Waals surface area contributed by atoms with E-state index in [9.17, 15) is 52.7 Å². The molecule has 2 aromatic heterocycles. The maximum atomic E-state index is 15.4. The highest BCUT2D eigenvalue weighted by Gasteiger charge is 2.52. The first-order chi connectivity index (χ1) is 28.8. The molecule has 0 bridgehead atoms. The van der Waals surface area contributed by atoms with Crippen molar-refractivity contribution in [3.05, 3.63) is 169 Å². The fourth-order valence-electron chi connectivity index (χ4n) is 6.15. The maximum Gasteiger partial charge on any atom is 0.381 e. The number of hydrogen-bond acceptors (Lipinski definition) is 2. The molecule has 328 valence electrons. The van der Waals surface area contributed by atoms with E-state index >= 15 is 35.1 Å². The third-order valence-electron chi connectivity index (χ3n) is 8.88. The van der Waals surface area contributed by atoms with E-state index in [0.717, 1.165) is 0 Å². The van der Waals surface area contributed by atoms with Crippen molar-refractivity contribution in [1.29, 1.82) is 0 Å². The molecule has 0 N–H and O–H groups in total. The molecule has 6 aromatic rings. The smallest absolute Gasteiger partial charge is 0.207 e. The molecular weight excluding hydrogens is 1040 g/mol. The molecule has 0 aliphatic carbocycles. The van der Waals surface area contributed by atoms with E-state index in [4.69, 9.17) is 0 Å². The van der Waals surface area contributed by atoms with Gasteiger partial charge in [-0.3, -0.25) is 0 Å². The van der Waals surface area contributed by atoms with Gasteiger partial charge in [0, 0.05) is 21.9 Å². The molecule has 0 aliphatic rings.